The molecule has 1 saturated heterocycles. The summed E-state index contributed by atoms with van der Waals surface area (Å²) >= 11 is 1.43. The third-order valence-corrected chi connectivity index (χ3v) is 6.67. The van der Waals surface area contributed by atoms with E-state index in [1.165, 1.54) is 11.3 Å². The Hall–Kier alpha value is -3.33. The molecule has 2 aromatic heterocycles. The van der Waals surface area contributed by atoms with Crippen LogP contribution in [0.1, 0.15) is 44.3 Å². The van der Waals surface area contributed by atoms with Gasteiger partial charge in [-0.15, -0.1) is 11.3 Å². The molecule has 0 bridgehead atoms. The summed E-state index contributed by atoms with van der Waals surface area (Å²) < 4.78 is 16.2. The summed E-state index contributed by atoms with van der Waals surface area (Å²) in [5.41, 5.74) is 1.83. The lowest BCUT2D eigenvalue weighted by Gasteiger charge is -2.34. The van der Waals surface area contributed by atoms with Crippen LogP contribution in [0.2, 0.25) is 0 Å². The van der Waals surface area contributed by atoms with Crippen molar-refractivity contribution in [3.05, 3.63) is 63.7 Å². The molecule has 5 rings (SSSR count). The minimum atomic E-state index is -0.192. The number of nitrogens with zero attached hydrogens (tertiary/aromatic N) is 3. The van der Waals surface area contributed by atoms with Crippen LogP contribution in [0.15, 0.2) is 46.3 Å². The molecule has 1 unspecified atom stereocenters. The number of carbonyl (C=O) groups excluding carboxylic acids is 2. The van der Waals surface area contributed by atoms with Crippen molar-refractivity contribution in [2.45, 2.75) is 19.3 Å². The zero-order chi connectivity index (χ0) is 22.1. The number of thiophene rings is 1. The van der Waals surface area contributed by atoms with E-state index in [0.717, 1.165) is 34.1 Å². The average Bonchev–Trinajstić information content (AvgIpc) is 3.59. The van der Waals surface area contributed by atoms with E-state index in [0.29, 0.717) is 26.2 Å². The quantitative estimate of drug-likeness (QED) is 0.589. The molecule has 3 aromatic rings. The SMILES string of the molecule is CC(Cc1ccc2c(c1)OCO2)c1cc(C(=O)N2CCN(C(=O)c3cccs3)CC2)on1. The van der Waals surface area contributed by atoms with Crippen molar-refractivity contribution in [3.8, 4) is 11.5 Å². The number of piperazine rings is 1. The molecular formula is C23H23N3O5S. The number of rotatable bonds is 5. The second-order valence-corrected chi connectivity index (χ2v) is 8.92. The van der Waals surface area contributed by atoms with Crippen molar-refractivity contribution in [1.82, 2.24) is 15.0 Å². The Morgan fingerprint density at radius 1 is 1.03 bits per heavy atom. The summed E-state index contributed by atoms with van der Waals surface area (Å²) in [6, 6.07) is 11.3. The van der Waals surface area contributed by atoms with Crippen LogP contribution in [0.3, 0.4) is 0 Å². The highest BCUT2D eigenvalue weighted by Crippen LogP contribution is 2.34. The van der Waals surface area contributed by atoms with E-state index in [9.17, 15) is 9.59 Å². The maximum absolute atomic E-state index is 12.9. The number of aromatic nitrogens is 1. The Labute approximate surface area is 189 Å². The average molecular weight is 454 g/mol. The van der Waals surface area contributed by atoms with Gasteiger partial charge in [0.1, 0.15) is 0 Å². The van der Waals surface area contributed by atoms with Crippen molar-refractivity contribution in [1.29, 1.82) is 0 Å². The van der Waals surface area contributed by atoms with Gasteiger partial charge in [-0.25, -0.2) is 0 Å². The molecule has 2 aliphatic rings. The van der Waals surface area contributed by atoms with E-state index < -0.39 is 0 Å². The second-order valence-electron chi connectivity index (χ2n) is 7.97. The zero-order valence-electron chi connectivity index (χ0n) is 17.7. The Bertz CT molecular complexity index is 1120. The molecule has 1 atom stereocenters. The highest BCUT2D eigenvalue weighted by atomic mass is 32.1. The smallest absolute Gasteiger partial charge is 0.292 e. The van der Waals surface area contributed by atoms with E-state index in [-0.39, 0.29) is 30.3 Å². The predicted octanol–water partition coefficient (Wildman–Crippen LogP) is 3.41. The van der Waals surface area contributed by atoms with Crippen LogP contribution in [0.5, 0.6) is 11.5 Å². The fourth-order valence-electron chi connectivity index (χ4n) is 3.97. The summed E-state index contributed by atoms with van der Waals surface area (Å²) in [4.78, 5) is 29.6. The minimum absolute atomic E-state index is 0.0198. The third kappa shape index (κ3) is 4.08. The Kier molecular flexibility index (Phi) is 5.57. The van der Waals surface area contributed by atoms with Crippen LogP contribution in [0, 0.1) is 0 Å². The first kappa shape index (κ1) is 20.6. The monoisotopic (exact) mass is 453 g/mol. The summed E-state index contributed by atoms with van der Waals surface area (Å²) in [7, 11) is 0. The van der Waals surface area contributed by atoms with Gasteiger partial charge in [-0.2, -0.15) is 0 Å². The van der Waals surface area contributed by atoms with Crippen molar-refractivity contribution in [2.24, 2.45) is 0 Å². The minimum Gasteiger partial charge on any atom is -0.454 e. The van der Waals surface area contributed by atoms with Gasteiger partial charge in [0, 0.05) is 38.2 Å². The van der Waals surface area contributed by atoms with Gasteiger partial charge in [0.2, 0.25) is 12.6 Å². The molecule has 0 saturated carbocycles. The highest BCUT2D eigenvalue weighted by Gasteiger charge is 2.28. The van der Waals surface area contributed by atoms with E-state index in [4.69, 9.17) is 14.0 Å². The standard InChI is InChI=1S/C23H23N3O5S/c1-15(11-16-4-5-18-19(12-16)30-14-29-18)17-13-20(31-24-17)22(27)25-6-8-26(9-7-25)23(28)21-3-2-10-32-21/h2-5,10,12-13,15H,6-9,11,14H2,1H3. The molecule has 2 aliphatic heterocycles. The summed E-state index contributed by atoms with van der Waals surface area (Å²) in [6.07, 6.45) is 0.736. The maximum Gasteiger partial charge on any atom is 0.292 e. The van der Waals surface area contributed by atoms with Crippen LogP contribution in [0.4, 0.5) is 0 Å². The number of ether oxygens (including phenoxy) is 2. The first-order valence-electron chi connectivity index (χ1n) is 10.6. The van der Waals surface area contributed by atoms with Crippen molar-refractivity contribution in [3.63, 3.8) is 0 Å². The Morgan fingerprint density at radius 2 is 1.78 bits per heavy atom. The number of fused-ring (bicyclic) bond motifs is 1. The topological polar surface area (TPSA) is 85.1 Å². The molecule has 166 valence electrons. The molecule has 1 fully saturated rings. The van der Waals surface area contributed by atoms with Gasteiger partial charge in [-0.05, 0) is 35.6 Å². The first-order valence-corrected chi connectivity index (χ1v) is 11.4. The normalized spacial score (nSPS) is 16.3. The number of hydrogen-bond donors (Lipinski definition) is 0. The molecule has 9 heteroatoms. The first-order chi connectivity index (χ1) is 15.6. The van der Waals surface area contributed by atoms with E-state index >= 15 is 0 Å². The molecule has 0 spiro atoms. The van der Waals surface area contributed by atoms with Crippen molar-refractivity contribution in [2.75, 3.05) is 33.0 Å². The lowest BCUT2D eigenvalue weighted by atomic mass is 9.97. The molecule has 4 heterocycles. The molecule has 8 nitrogen and oxygen atoms in total. The van der Waals surface area contributed by atoms with Gasteiger partial charge in [0.15, 0.2) is 11.5 Å². The summed E-state index contributed by atoms with van der Waals surface area (Å²) in [6.45, 7) is 4.25. The molecule has 0 N–H and O–H groups in total. The van der Waals surface area contributed by atoms with Crippen LogP contribution < -0.4 is 9.47 Å². The lowest BCUT2D eigenvalue weighted by molar-refractivity contribution is 0.0515. The number of amides is 2. The van der Waals surface area contributed by atoms with Crippen LogP contribution >= 0.6 is 11.3 Å². The fourth-order valence-corrected chi connectivity index (χ4v) is 4.66. The Balaban J connectivity index is 1.18. The highest BCUT2D eigenvalue weighted by molar-refractivity contribution is 7.12. The Morgan fingerprint density at radius 3 is 2.53 bits per heavy atom. The number of hydrogen-bond acceptors (Lipinski definition) is 7. The maximum atomic E-state index is 12.9. The molecule has 2 amide bonds. The molecule has 0 radical (unpaired) electrons. The van der Waals surface area contributed by atoms with Gasteiger partial charge < -0.3 is 23.8 Å². The van der Waals surface area contributed by atoms with Gasteiger partial charge in [-0.3, -0.25) is 9.59 Å². The van der Waals surface area contributed by atoms with Crippen molar-refractivity contribution >= 4 is 23.2 Å². The van der Waals surface area contributed by atoms with Crippen LogP contribution in [0.25, 0.3) is 0 Å². The fraction of sp³-hybridized carbons (Fsp3) is 0.348. The largest absolute Gasteiger partial charge is 0.454 e. The lowest BCUT2D eigenvalue weighted by Crippen LogP contribution is -2.50. The predicted molar refractivity (Wildman–Crippen MR) is 117 cm³/mol. The van der Waals surface area contributed by atoms with Gasteiger partial charge >= 0.3 is 0 Å². The van der Waals surface area contributed by atoms with Gasteiger partial charge in [0.05, 0.1) is 10.6 Å². The molecule has 1 aromatic carbocycles. The second kappa shape index (κ2) is 8.66. The van der Waals surface area contributed by atoms with E-state index in [2.05, 4.69) is 5.16 Å². The molecule has 32 heavy (non-hydrogen) atoms. The van der Waals surface area contributed by atoms with Gasteiger partial charge in [0.25, 0.3) is 11.8 Å². The number of benzene rings is 1. The molecular weight excluding hydrogens is 430 g/mol. The zero-order valence-corrected chi connectivity index (χ0v) is 18.5. The van der Waals surface area contributed by atoms with E-state index in [1.807, 2.05) is 42.6 Å². The van der Waals surface area contributed by atoms with E-state index in [1.54, 1.807) is 15.9 Å². The summed E-state index contributed by atoms with van der Waals surface area (Å²) in [5.74, 6) is 1.64. The summed E-state index contributed by atoms with van der Waals surface area (Å²) in [5, 5.41) is 6.03. The third-order valence-electron chi connectivity index (χ3n) is 5.81. The molecule has 0 aliphatic carbocycles. The van der Waals surface area contributed by atoms with Crippen LogP contribution in [-0.4, -0.2) is 59.7 Å². The number of carbonyl (C=O) groups is 2. The van der Waals surface area contributed by atoms with Crippen molar-refractivity contribution < 1.29 is 23.6 Å². The van der Waals surface area contributed by atoms with Crippen LogP contribution in [-0.2, 0) is 6.42 Å². The van der Waals surface area contributed by atoms with Gasteiger partial charge in [-0.1, -0.05) is 24.2 Å².